The molecular formula is C4H11S+. The summed E-state index contributed by atoms with van der Waals surface area (Å²) in [6, 6.07) is 0. The topological polar surface area (TPSA) is 0 Å². The van der Waals surface area contributed by atoms with E-state index in [0.717, 1.165) is 5.25 Å². The van der Waals surface area contributed by atoms with E-state index in [9.17, 15) is 0 Å². The summed E-state index contributed by atoms with van der Waals surface area (Å²) >= 11 is 1.50. The van der Waals surface area contributed by atoms with Crippen molar-refractivity contribution in [2.75, 3.05) is 6.26 Å². The van der Waals surface area contributed by atoms with E-state index in [1.165, 1.54) is 11.8 Å². The van der Waals surface area contributed by atoms with Gasteiger partial charge in [-0.25, -0.2) is 0 Å². The van der Waals surface area contributed by atoms with Gasteiger partial charge < -0.3 is 0 Å². The molecule has 1 heteroatoms. The van der Waals surface area contributed by atoms with Gasteiger partial charge in [0.05, 0.1) is 6.26 Å². The molecule has 0 unspecified atom stereocenters. The lowest BCUT2D eigenvalue weighted by Gasteiger charge is -1.81. The van der Waals surface area contributed by atoms with Gasteiger partial charge in [-0.1, -0.05) is 0 Å². The molecule has 0 aromatic rings. The van der Waals surface area contributed by atoms with E-state index in [1.807, 2.05) is 0 Å². The van der Waals surface area contributed by atoms with Crippen LogP contribution >= 0.6 is 0 Å². The maximum atomic E-state index is 2.21. The van der Waals surface area contributed by atoms with Gasteiger partial charge >= 0.3 is 0 Å². The number of thiol groups is 1. The molecule has 0 nitrogen and oxygen atoms in total. The molecule has 0 atom stereocenters. The third kappa shape index (κ3) is 4.35. The van der Waals surface area contributed by atoms with Crippen LogP contribution in [0.15, 0.2) is 0 Å². The van der Waals surface area contributed by atoms with Crippen molar-refractivity contribution < 1.29 is 0 Å². The van der Waals surface area contributed by atoms with Crippen molar-refractivity contribution in [3.63, 3.8) is 0 Å². The van der Waals surface area contributed by atoms with E-state index >= 15 is 0 Å². The predicted molar refractivity (Wildman–Crippen MR) is 29.8 cm³/mol. The Kier molecular flexibility index (Phi) is 2.76. The van der Waals surface area contributed by atoms with E-state index in [-0.39, 0.29) is 0 Å². The molecule has 0 aromatic carbocycles. The van der Waals surface area contributed by atoms with Crippen LogP contribution in [0.1, 0.15) is 13.8 Å². The smallest absolute Gasteiger partial charge is 0.0283 e. The fourth-order valence-electron chi connectivity index (χ4n) is 0. The van der Waals surface area contributed by atoms with Crippen LogP contribution in [0.4, 0.5) is 0 Å². The minimum Gasteiger partial charge on any atom is -0.0283 e. The van der Waals surface area contributed by atoms with Crippen molar-refractivity contribution in [3.8, 4) is 0 Å². The molecular weight excluding hydrogens is 80.1 g/mol. The summed E-state index contributed by atoms with van der Waals surface area (Å²) in [5.74, 6) is 0. The third-order valence-corrected chi connectivity index (χ3v) is 1.55. The zero-order valence-corrected chi connectivity index (χ0v) is 4.92. The van der Waals surface area contributed by atoms with Crippen molar-refractivity contribution in [1.29, 1.82) is 0 Å². The van der Waals surface area contributed by atoms with Crippen LogP contribution in [-0.2, 0) is 11.8 Å². The Hall–Kier alpha value is 0.350. The van der Waals surface area contributed by atoms with Gasteiger partial charge in [0.1, 0.15) is 5.25 Å². The van der Waals surface area contributed by atoms with Crippen LogP contribution < -0.4 is 0 Å². The summed E-state index contributed by atoms with van der Waals surface area (Å²) in [7, 11) is 0. The predicted octanol–water partition coefficient (Wildman–Crippen LogP) is 0.839. The van der Waals surface area contributed by atoms with Gasteiger partial charge in [-0.3, -0.25) is 0 Å². The summed E-state index contributed by atoms with van der Waals surface area (Å²) < 4.78 is 0. The molecule has 32 valence electrons. The molecule has 0 spiro atoms. The highest BCUT2D eigenvalue weighted by molar-refractivity contribution is 7.78. The second-order valence-corrected chi connectivity index (χ2v) is 2.90. The normalized spacial score (nSPS) is 9.60. The Morgan fingerprint density at radius 2 is 1.60 bits per heavy atom. The monoisotopic (exact) mass is 91.1 g/mol. The van der Waals surface area contributed by atoms with E-state index in [0.29, 0.717) is 0 Å². The average molecular weight is 91.2 g/mol. The van der Waals surface area contributed by atoms with Gasteiger partial charge in [-0.05, 0) is 25.6 Å². The van der Waals surface area contributed by atoms with Gasteiger partial charge in [0.25, 0.3) is 0 Å². The Balaban J connectivity index is 2.54. The molecule has 0 rings (SSSR count). The number of rotatable bonds is 1. The van der Waals surface area contributed by atoms with E-state index in [2.05, 4.69) is 20.1 Å². The third-order valence-electron chi connectivity index (χ3n) is 0.516. The first-order chi connectivity index (χ1) is 2.27. The minimum atomic E-state index is 0.856. The van der Waals surface area contributed by atoms with Crippen molar-refractivity contribution >= 4 is 11.8 Å². The first-order valence-electron chi connectivity index (χ1n) is 1.86. The second-order valence-electron chi connectivity index (χ2n) is 1.35. The lowest BCUT2D eigenvalue weighted by Crippen LogP contribution is -1.92. The van der Waals surface area contributed by atoms with Crippen molar-refractivity contribution in [2.45, 2.75) is 19.1 Å². The summed E-state index contributed by atoms with van der Waals surface area (Å²) in [6.07, 6.45) is 2.17. The Labute approximate surface area is 38.0 Å². The molecule has 0 aliphatic carbocycles. The van der Waals surface area contributed by atoms with Crippen molar-refractivity contribution in [1.82, 2.24) is 0 Å². The first-order valence-corrected chi connectivity index (χ1v) is 3.27. The Morgan fingerprint density at radius 3 is 1.60 bits per heavy atom. The molecule has 0 radical (unpaired) electrons. The van der Waals surface area contributed by atoms with E-state index in [1.54, 1.807) is 0 Å². The SMILES string of the molecule is C[SH+]C(C)C. The zero-order chi connectivity index (χ0) is 4.28. The largest absolute Gasteiger partial charge is 0.110 e. The lowest BCUT2D eigenvalue weighted by molar-refractivity contribution is 1.11. The Bertz CT molecular complexity index is 17.6. The quantitative estimate of drug-likeness (QED) is 0.331. The fourth-order valence-corrected chi connectivity index (χ4v) is 0. The molecule has 0 heterocycles. The molecule has 0 amide bonds. The summed E-state index contributed by atoms with van der Waals surface area (Å²) in [5, 5.41) is 0.856. The van der Waals surface area contributed by atoms with Gasteiger partial charge in [0.15, 0.2) is 0 Å². The molecule has 0 aromatic heterocycles. The molecule has 0 bridgehead atoms. The van der Waals surface area contributed by atoms with Crippen molar-refractivity contribution in [2.24, 2.45) is 0 Å². The first kappa shape index (κ1) is 5.35. The van der Waals surface area contributed by atoms with Crippen LogP contribution in [0.25, 0.3) is 0 Å². The highest BCUT2D eigenvalue weighted by Crippen LogP contribution is 1.79. The van der Waals surface area contributed by atoms with Gasteiger partial charge in [-0.2, -0.15) is 0 Å². The van der Waals surface area contributed by atoms with E-state index in [4.69, 9.17) is 0 Å². The van der Waals surface area contributed by atoms with Gasteiger partial charge in [-0.15, -0.1) is 0 Å². The van der Waals surface area contributed by atoms with Gasteiger partial charge in [0.2, 0.25) is 0 Å². The molecule has 0 aliphatic rings. The summed E-state index contributed by atoms with van der Waals surface area (Å²) in [4.78, 5) is 0. The summed E-state index contributed by atoms with van der Waals surface area (Å²) in [6.45, 7) is 4.42. The fraction of sp³-hybridized carbons (Fsp3) is 1.00. The van der Waals surface area contributed by atoms with Crippen LogP contribution in [0, 0.1) is 0 Å². The highest BCUT2D eigenvalue weighted by Gasteiger charge is 1.89. The second kappa shape index (κ2) is 2.58. The molecule has 0 fully saturated rings. The highest BCUT2D eigenvalue weighted by atomic mass is 32.2. The van der Waals surface area contributed by atoms with Crippen LogP contribution in [0.2, 0.25) is 0 Å². The van der Waals surface area contributed by atoms with Crippen LogP contribution in [0.5, 0.6) is 0 Å². The molecule has 0 saturated heterocycles. The molecule has 5 heavy (non-hydrogen) atoms. The molecule has 0 aliphatic heterocycles. The number of hydrogen-bond donors (Lipinski definition) is 0. The van der Waals surface area contributed by atoms with Crippen LogP contribution in [-0.4, -0.2) is 11.5 Å². The number of hydrogen-bond acceptors (Lipinski definition) is 0. The lowest BCUT2D eigenvalue weighted by atomic mass is 10.6. The maximum absolute atomic E-state index is 2.21. The van der Waals surface area contributed by atoms with E-state index < -0.39 is 0 Å². The Morgan fingerprint density at radius 1 is 1.40 bits per heavy atom. The zero-order valence-electron chi connectivity index (χ0n) is 4.02. The average Bonchev–Trinajstić information content (AvgIpc) is 1.38. The summed E-state index contributed by atoms with van der Waals surface area (Å²) in [5.41, 5.74) is 0. The molecule has 0 saturated carbocycles. The van der Waals surface area contributed by atoms with Crippen molar-refractivity contribution in [3.05, 3.63) is 0 Å². The maximum Gasteiger partial charge on any atom is 0.110 e. The standard InChI is InChI=1S/C4H10S/c1-4(2)5-3/h4H,1-3H3/p+1. The van der Waals surface area contributed by atoms with Crippen LogP contribution in [0.3, 0.4) is 0 Å². The molecule has 0 N–H and O–H groups in total. The van der Waals surface area contributed by atoms with Gasteiger partial charge in [0, 0.05) is 0 Å². The minimum absolute atomic E-state index is 0.856.